The molecule has 0 N–H and O–H groups in total. The fourth-order valence-electron chi connectivity index (χ4n) is 1.91. The lowest BCUT2D eigenvalue weighted by atomic mass is 9.93. The van der Waals surface area contributed by atoms with E-state index in [1.807, 2.05) is 49.4 Å². The first-order chi connectivity index (χ1) is 8.29. The number of rotatable bonds is 4. The van der Waals surface area contributed by atoms with Crippen molar-refractivity contribution in [2.24, 2.45) is 0 Å². The van der Waals surface area contributed by atoms with E-state index in [1.165, 1.54) is 5.56 Å². The van der Waals surface area contributed by atoms with Crippen LogP contribution in [0.25, 0.3) is 0 Å². The number of benzene rings is 1. The third-order valence-corrected chi connectivity index (χ3v) is 2.81. The lowest BCUT2D eigenvalue weighted by molar-refractivity contribution is -0.109. The summed E-state index contributed by atoms with van der Waals surface area (Å²) in [6, 6.07) is 14.0. The molecule has 0 aliphatic heterocycles. The minimum absolute atomic E-state index is 0.0842. The van der Waals surface area contributed by atoms with Crippen molar-refractivity contribution in [3.05, 3.63) is 65.5 Å². The molecular formula is C15H15NO. The summed E-state index contributed by atoms with van der Waals surface area (Å²) >= 11 is 0. The van der Waals surface area contributed by atoms with Gasteiger partial charge in [-0.15, -0.1) is 0 Å². The Bertz CT molecular complexity index is 493. The molecule has 0 aliphatic rings. The number of carbonyl (C=O) groups is 1. The molecule has 1 heterocycles. The third-order valence-electron chi connectivity index (χ3n) is 2.81. The average molecular weight is 225 g/mol. The molecule has 0 bridgehead atoms. The lowest BCUT2D eigenvalue weighted by Gasteiger charge is -2.11. The first-order valence-electron chi connectivity index (χ1n) is 5.71. The van der Waals surface area contributed by atoms with E-state index in [1.54, 1.807) is 6.20 Å². The molecule has 0 radical (unpaired) electrons. The van der Waals surface area contributed by atoms with Crippen molar-refractivity contribution in [3.8, 4) is 0 Å². The van der Waals surface area contributed by atoms with Gasteiger partial charge in [0.1, 0.15) is 6.29 Å². The molecule has 17 heavy (non-hydrogen) atoms. The zero-order chi connectivity index (χ0) is 12.1. The van der Waals surface area contributed by atoms with Gasteiger partial charge in [-0.25, -0.2) is 0 Å². The summed E-state index contributed by atoms with van der Waals surface area (Å²) < 4.78 is 0. The zero-order valence-corrected chi connectivity index (χ0v) is 9.84. The summed E-state index contributed by atoms with van der Waals surface area (Å²) in [5.41, 5.74) is 3.16. The van der Waals surface area contributed by atoms with Crippen LogP contribution in [0.1, 0.15) is 22.7 Å². The minimum Gasteiger partial charge on any atom is -0.303 e. The van der Waals surface area contributed by atoms with Crippen LogP contribution in [0.15, 0.2) is 48.7 Å². The van der Waals surface area contributed by atoms with E-state index in [0.29, 0.717) is 0 Å². The highest BCUT2D eigenvalue weighted by Gasteiger charge is 2.11. The SMILES string of the molecule is Cc1cc(C(C=O)Cc2ccccc2)ccn1. The van der Waals surface area contributed by atoms with Gasteiger partial charge >= 0.3 is 0 Å². The van der Waals surface area contributed by atoms with Crippen LogP contribution in [-0.4, -0.2) is 11.3 Å². The fourth-order valence-corrected chi connectivity index (χ4v) is 1.91. The second-order valence-electron chi connectivity index (χ2n) is 4.16. The van der Waals surface area contributed by atoms with Crippen molar-refractivity contribution in [2.45, 2.75) is 19.3 Å². The van der Waals surface area contributed by atoms with E-state index in [9.17, 15) is 4.79 Å². The van der Waals surface area contributed by atoms with E-state index < -0.39 is 0 Å². The van der Waals surface area contributed by atoms with Crippen molar-refractivity contribution >= 4 is 6.29 Å². The van der Waals surface area contributed by atoms with Gasteiger partial charge in [-0.05, 0) is 36.6 Å². The number of nitrogens with zero attached hydrogens (tertiary/aromatic N) is 1. The van der Waals surface area contributed by atoms with Gasteiger partial charge in [0.2, 0.25) is 0 Å². The molecule has 0 aliphatic carbocycles. The van der Waals surface area contributed by atoms with Crippen LogP contribution < -0.4 is 0 Å². The van der Waals surface area contributed by atoms with E-state index in [-0.39, 0.29) is 5.92 Å². The maximum absolute atomic E-state index is 11.2. The molecule has 0 saturated carbocycles. The molecule has 1 aromatic heterocycles. The number of carbonyl (C=O) groups excluding carboxylic acids is 1. The molecular weight excluding hydrogens is 210 g/mol. The first-order valence-corrected chi connectivity index (χ1v) is 5.71. The molecule has 2 rings (SSSR count). The van der Waals surface area contributed by atoms with E-state index in [4.69, 9.17) is 0 Å². The van der Waals surface area contributed by atoms with Crippen LogP contribution in [0.2, 0.25) is 0 Å². The Balaban J connectivity index is 2.20. The van der Waals surface area contributed by atoms with Crippen LogP contribution in [-0.2, 0) is 11.2 Å². The first kappa shape index (κ1) is 11.5. The molecule has 1 unspecified atom stereocenters. The monoisotopic (exact) mass is 225 g/mol. The number of hydrogen-bond donors (Lipinski definition) is 0. The Morgan fingerprint density at radius 3 is 2.65 bits per heavy atom. The second-order valence-corrected chi connectivity index (χ2v) is 4.16. The van der Waals surface area contributed by atoms with Crippen LogP contribution in [0.4, 0.5) is 0 Å². The molecule has 2 nitrogen and oxygen atoms in total. The highest BCUT2D eigenvalue weighted by atomic mass is 16.1. The summed E-state index contributed by atoms with van der Waals surface area (Å²) in [4.78, 5) is 15.3. The summed E-state index contributed by atoms with van der Waals surface area (Å²) in [5, 5.41) is 0. The Morgan fingerprint density at radius 1 is 1.24 bits per heavy atom. The fraction of sp³-hybridized carbons (Fsp3) is 0.200. The van der Waals surface area contributed by atoms with E-state index >= 15 is 0 Å². The standard InChI is InChI=1S/C15H15NO/c1-12-9-14(7-8-16-12)15(11-17)10-13-5-3-2-4-6-13/h2-9,11,15H,10H2,1H3. The minimum atomic E-state index is -0.0842. The smallest absolute Gasteiger partial charge is 0.127 e. The van der Waals surface area contributed by atoms with Gasteiger partial charge in [0, 0.05) is 17.8 Å². The van der Waals surface area contributed by atoms with Gasteiger partial charge in [-0.1, -0.05) is 30.3 Å². The van der Waals surface area contributed by atoms with Crippen molar-refractivity contribution in [2.75, 3.05) is 0 Å². The Labute approximate surface area is 101 Å². The quantitative estimate of drug-likeness (QED) is 0.749. The highest BCUT2D eigenvalue weighted by Crippen LogP contribution is 2.19. The molecule has 2 heteroatoms. The predicted octanol–water partition coefficient (Wildman–Crippen LogP) is 2.92. The zero-order valence-electron chi connectivity index (χ0n) is 9.84. The average Bonchev–Trinajstić information content (AvgIpc) is 2.37. The van der Waals surface area contributed by atoms with Crippen molar-refractivity contribution in [1.82, 2.24) is 4.98 Å². The topological polar surface area (TPSA) is 30.0 Å². The summed E-state index contributed by atoms with van der Waals surface area (Å²) in [7, 11) is 0. The number of aldehydes is 1. The molecule has 1 aromatic carbocycles. The Morgan fingerprint density at radius 2 is 2.00 bits per heavy atom. The highest BCUT2D eigenvalue weighted by molar-refractivity contribution is 5.62. The molecule has 86 valence electrons. The van der Waals surface area contributed by atoms with Crippen LogP contribution >= 0.6 is 0 Å². The number of pyridine rings is 1. The maximum atomic E-state index is 11.2. The number of aryl methyl sites for hydroxylation is 1. The summed E-state index contributed by atoms with van der Waals surface area (Å²) in [5.74, 6) is -0.0842. The maximum Gasteiger partial charge on any atom is 0.127 e. The van der Waals surface area contributed by atoms with Gasteiger partial charge in [0.15, 0.2) is 0 Å². The van der Waals surface area contributed by atoms with Crippen molar-refractivity contribution in [3.63, 3.8) is 0 Å². The van der Waals surface area contributed by atoms with Crippen LogP contribution in [0.5, 0.6) is 0 Å². The largest absolute Gasteiger partial charge is 0.303 e. The van der Waals surface area contributed by atoms with Gasteiger partial charge < -0.3 is 4.79 Å². The van der Waals surface area contributed by atoms with E-state index in [0.717, 1.165) is 24.0 Å². The third kappa shape index (κ3) is 3.00. The van der Waals surface area contributed by atoms with Gasteiger partial charge in [-0.3, -0.25) is 4.98 Å². The lowest BCUT2D eigenvalue weighted by Crippen LogP contribution is -2.05. The van der Waals surface area contributed by atoms with Gasteiger partial charge in [0.25, 0.3) is 0 Å². The van der Waals surface area contributed by atoms with Gasteiger partial charge in [0.05, 0.1) is 0 Å². The number of hydrogen-bond acceptors (Lipinski definition) is 2. The predicted molar refractivity (Wildman–Crippen MR) is 67.9 cm³/mol. The summed E-state index contributed by atoms with van der Waals surface area (Å²) in [6.45, 7) is 1.94. The number of aromatic nitrogens is 1. The molecule has 0 saturated heterocycles. The second kappa shape index (κ2) is 5.39. The molecule has 0 amide bonds. The Hall–Kier alpha value is -1.96. The molecule has 2 aromatic rings. The van der Waals surface area contributed by atoms with Crippen LogP contribution in [0.3, 0.4) is 0 Å². The van der Waals surface area contributed by atoms with E-state index in [2.05, 4.69) is 4.98 Å². The van der Waals surface area contributed by atoms with Crippen molar-refractivity contribution < 1.29 is 4.79 Å². The van der Waals surface area contributed by atoms with Crippen LogP contribution in [0, 0.1) is 6.92 Å². The Kier molecular flexibility index (Phi) is 3.66. The van der Waals surface area contributed by atoms with Crippen molar-refractivity contribution in [1.29, 1.82) is 0 Å². The normalized spacial score (nSPS) is 12.1. The summed E-state index contributed by atoms with van der Waals surface area (Å²) in [6.07, 6.45) is 3.52. The molecule has 1 atom stereocenters. The van der Waals surface area contributed by atoms with Gasteiger partial charge in [-0.2, -0.15) is 0 Å². The molecule has 0 spiro atoms. The molecule has 0 fully saturated rings.